The molecule has 45 heavy (non-hydrogen) atoms. The Morgan fingerprint density at radius 3 is 2.56 bits per heavy atom. The zero-order chi connectivity index (χ0) is 31.9. The Labute approximate surface area is 255 Å². The van der Waals surface area contributed by atoms with E-state index in [0.29, 0.717) is 29.2 Å². The van der Waals surface area contributed by atoms with Gasteiger partial charge in [0, 0.05) is 37.7 Å². The second kappa shape index (κ2) is 11.7. The molecule has 2 saturated heterocycles. The van der Waals surface area contributed by atoms with E-state index in [1.165, 1.54) is 17.3 Å². The largest absolute Gasteiger partial charge is 0.408 e. The number of halogens is 3. The number of fused-ring (bicyclic) bond motifs is 1. The molecule has 1 N–H and O–H groups in total. The van der Waals surface area contributed by atoms with Gasteiger partial charge in [0.1, 0.15) is 11.9 Å². The summed E-state index contributed by atoms with van der Waals surface area (Å²) in [6.45, 7) is 1.63. The van der Waals surface area contributed by atoms with Crippen LogP contribution in [0.5, 0.6) is 0 Å². The second-order valence-electron chi connectivity index (χ2n) is 10.9. The number of amidine groups is 1. The molecule has 234 valence electrons. The highest BCUT2D eigenvalue weighted by atomic mass is 19.4. The highest BCUT2D eigenvalue weighted by Crippen LogP contribution is 2.35. The molecule has 2 unspecified atom stereocenters. The van der Waals surface area contributed by atoms with E-state index in [1.807, 2.05) is 0 Å². The molecule has 16 heteroatoms. The summed E-state index contributed by atoms with van der Waals surface area (Å²) in [6, 6.07) is 7.09. The minimum Gasteiger partial charge on any atom is -0.336 e. The molecule has 0 aromatic carbocycles. The number of carbonyl (C=O) groups is 3. The number of rotatable bonds is 7. The first-order chi connectivity index (χ1) is 21.5. The van der Waals surface area contributed by atoms with Gasteiger partial charge in [-0.3, -0.25) is 19.5 Å². The number of anilines is 2. The van der Waals surface area contributed by atoms with Gasteiger partial charge in [0.2, 0.25) is 11.9 Å². The third kappa shape index (κ3) is 5.86. The normalized spacial score (nSPS) is 21.7. The van der Waals surface area contributed by atoms with Crippen LogP contribution in [-0.4, -0.2) is 103 Å². The quantitative estimate of drug-likeness (QED) is 0.421. The van der Waals surface area contributed by atoms with Gasteiger partial charge in [0.25, 0.3) is 5.91 Å². The zero-order valence-electron chi connectivity index (χ0n) is 24.3. The first kappa shape index (κ1) is 29.9. The van der Waals surface area contributed by atoms with Crippen molar-refractivity contribution in [3.8, 4) is 11.3 Å². The first-order valence-corrected chi connectivity index (χ1v) is 14.2. The molecule has 13 nitrogen and oxygen atoms in total. The average molecular weight is 623 g/mol. The van der Waals surface area contributed by atoms with Crippen LogP contribution in [-0.2, 0) is 16.1 Å². The molecule has 0 bridgehead atoms. The fourth-order valence-corrected chi connectivity index (χ4v) is 5.78. The number of nitrogens with zero attached hydrogens (tertiary/aromatic N) is 9. The van der Waals surface area contributed by atoms with Crippen LogP contribution in [0.1, 0.15) is 25.5 Å². The van der Waals surface area contributed by atoms with E-state index in [9.17, 15) is 27.6 Å². The molecule has 3 aliphatic rings. The molecule has 0 aliphatic carbocycles. The van der Waals surface area contributed by atoms with Crippen molar-refractivity contribution in [3.05, 3.63) is 60.7 Å². The summed E-state index contributed by atoms with van der Waals surface area (Å²) in [5.74, 6) is -0.328. The summed E-state index contributed by atoms with van der Waals surface area (Å²) < 4.78 is 40.1. The fraction of sp³-hybridized carbons (Fsp3) is 0.379. The molecule has 3 aromatic heterocycles. The van der Waals surface area contributed by atoms with Crippen LogP contribution in [0.15, 0.2) is 60.0 Å². The minimum absolute atomic E-state index is 0.00543. The molecule has 6 heterocycles. The van der Waals surface area contributed by atoms with Crippen molar-refractivity contribution in [2.45, 2.75) is 50.7 Å². The maximum Gasteiger partial charge on any atom is 0.408 e. The molecule has 6 rings (SSSR count). The third-order valence-electron chi connectivity index (χ3n) is 8.00. The van der Waals surface area contributed by atoms with E-state index in [2.05, 4.69) is 30.2 Å². The topological polar surface area (TPSA) is 140 Å². The molecular formula is C29H29F3N10O3. The number of alkyl halides is 3. The lowest BCUT2D eigenvalue weighted by Gasteiger charge is -2.41. The Morgan fingerprint density at radius 2 is 1.84 bits per heavy atom. The molecule has 0 radical (unpaired) electrons. The molecule has 3 atom stereocenters. The van der Waals surface area contributed by atoms with E-state index in [1.54, 1.807) is 61.5 Å². The number of aliphatic imine (C=N–C) groups is 1. The standard InChI is InChI=1S/C29H29F3N10O3/c1-17-36-25-24(26(44)42(28(45)39(25)2)15-19-7-3-4-11-33-19)41(17)16-23(43)38-22-10-5-8-20(37-22)18-13-34-27(35-14-18)40-12-6-9-21(40)29(30,31)32/h3-5,7-8,10-11,13-14,21,24-25H,6,9,12,15-16H2,1-2H3,(H,37,38,43)/t21-,24?,25?/m0/s1. The third-order valence-corrected chi connectivity index (χ3v) is 8.00. The molecular weight excluding hydrogens is 593 g/mol. The molecule has 4 amide bonds. The summed E-state index contributed by atoms with van der Waals surface area (Å²) in [7, 11) is 1.56. The maximum atomic E-state index is 13.6. The SMILES string of the molecule is CC1=NC2C(C(=O)N(Cc3ccccn3)C(=O)N2C)N1CC(=O)Nc1cccc(-c2cnc(N3CCC[C@H]3C(F)(F)F)nc2)n1. The van der Waals surface area contributed by atoms with E-state index in [-0.39, 0.29) is 37.8 Å². The smallest absolute Gasteiger partial charge is 0.336 e. The van der Waals surface area contributed by atoms with Crippen LogP contribution in [0, 0.1) is 0 Å². The Bertz CT molecular complexity index is 1640. The second-order valence-corrected chi connectivity index (χ2v) is 10.9. The monoisotopic (exact) mass is 622 g/mol. The number of amides is 4. The zero-order valence-corrected chi connectivity index (χ0v) is 24.3. The van der Waals surface area contributed by atoms with Crippen molar-refractivity contribution in [1.29, 1.82) is 0 Å². The van der Waals surface area contributed by atoms with Crippen LogP contribution in [0.4, 0.5) is 29.7 Å². The molecule has 0 spiro atoms. The van der Waals surface area contributed by atoms with Gasteiger partial charge in [-0.1, -0.05) is 12.1 Å². The van der Waals surface area contributed by atoms with Gasteiger partial charge in [-0.15, -0.1) is 0 Å². The van der Waals surface area contributed by atoms with Gasteiger partial charge in [-0.25, -0.2) is 24.7 Å². The van der Waals surface area contributed by atoms with Gasteiger partial charge in [0.05, 0.1) is 30.3 Å². The van der Waals surface area contributed by atoms with Crippen LogP contribution in [0.25, 0.3) is 11.3 Å². The molecule has 0 saturated carbocycles. The lowest BCUT2D eigenvalue weighted by Crippen LogP contribution is -2.65. The predicted octanol–water partition coefficient (Wildman–Crippen LogP) is 2.93. The van der Waals surface area contributed by atoms with Crippen LogP contribution in [0.3, 0.4) is 0 Å². The number of pyridine rings is 2. The number of urea groups is 1. The van der Waals surface area contributed by atoms with Gasteiger partial charge in [0.15, 0.2) is 12.2 Å². The Balaban J connectivity index is 1.13. The van der Waals surface area contributed by atoms with Crippen molar-refractivity contribution in [1.82, 2.24) is 34.6 Å². The van der Waals surface area contributed by atoms with Crippen LogP contribution < -0.4 is 10.2 Å². The molecule has 3 aromatic rings. The number of aromatic nitrogens is 4. The van der Waals surface area contributed by atoms with Gasteiger partial charge in [-0.05, 0) is 44.0 Å². The van der Waals surface area contributed by atoms with Crippen LogP contribution >= 0.6 is 0 Å². The lowest BCUT2D eigenvalue weighted by molar-refractivity contribution is -0.146. The van der Waals surface area contributed by atoms with Gasteiger partial charge >= 0.3 is 12.2 Å². The van der Waals surface area contributed by atoms with Crippen molar-refractivity contribution < 1.29 is 27.6 Å². The summed E-state index contributed by atoms with van der Waals surface area (Å²) in [5, 5.41) is 2.72. The Kier molecular flexibility index (Phi) is 7.80. The number of carbonyl (C=O) groups excluding carboxylic acids is 3. The Morgan fingerprint density at radius 1 is 1.07 bits per heavy atom. The maximum absolute atomic E-state index is 13.6. The molecule has 2 fully saturated rings. The average Bonchev–Trinajstić information content (AvgIpc) is 3.65. The van der Waals surface area contributed by atoms with Crippen molar-refractivity contribution in [2.75, 3.05) is 30.4 Å². The summed E-state index contributed by atoms with van der Waals surface area (Å²) in [5.41, 5.74) is 1.40. The summed E-state index contributed by atoms with van der Waals surface area (Å²) in [6.07, 6.45) is -0.390. The highest BCUT2D eigenvalue weighted by Gasteiger charge is 2.51. The van der Waals surface area contributed by atoms with Crippen molar-refractivity contribution >= 4 is 35.4 Å². The number of likely N-dealkylation sites (N-methyl/N-ethyl adjacent to an activating group) is 1. The van der Waals surface area contributed by atoms with Crippen molar-refractivity contribution in [2.24, 2.45) is 4.99 Å². The first-order valence-electron chi connectivity index (χ1n) is 14.2. The predicted molar refractivity (Wildman–Crippen MR) is 156 cm³/mol. The number of hydrogen-bond acceptors (Lipinski definition) is 10. The van der Waals surface area contributed by atoms with Crippen LogP contribution in [0.2, 0.25) is 0 Å². The highest BCUT2D eigenvalue weighted by molar-refractivity contribution is 6.05. The van der Waals surface area contributed by atoms with E-state index in [4.69, 9.17) is 0 Å². The number of imide groups is 1. The number of nitrogens with one attached hydrogen (secondary N) is 1. The Hall–Kier alpha value is -5.15. The van der Waals surface area contributed by atoms with E-state index >= 15 is 0 Å². The van der Waals surface area contributed by atoms with Crippen molar-refractivity contribution in [3.63, 3.8) is 0 Å². The number of hydrogen-bond donors (Lipinski definition) is 1. The summed E-state index contributed by atoms with van der Waals surface area (Å²) in [4.78, 5) is 66.4. The van der Waals surface area contributed by atoms with Gasteiger partial charge in [-0.2, -0.15) is 13.2 Å². The van der Waals surface area contributed by atoms with E-state index in [0.717, 1.165) is 9.80 Å². The van der Waals surface area contributed by atoms with E-state index < -0.39 is 42.3 Å². The molecule has 3 aliphatic heterocycles. The fourth-order valence-electron chi connectivity index (χ4n) is 5.78. The lowest BCUT2D eigenvalue weighted by atomic mass is 10.1. The minimum atomic E-state index is -4.37. The summed E-state index contributed by atoms with van der Waals surface area (Å²) >= 11 is 0. The van der Waals surface area contributed by atoms with Gasteiger partial charge < -0.3 is 20.0 Å².